The average Bonchev–Trinajstić information content (AvgIpc) is 3.13. The first-order valence-corrected chi connectivity index (χ1v) is 9.80. The van der Waals surface area contributed by atoms with Crippen LogP contribution >= 0.6 is 15.9 Å². The predicted octanol–water partition coefficient (Wildman–Crippen LogP) is 4.38. The SMILES string of the molecule is O=C(NC[C@@H](c1cccnc1)N1CCc2ccccc21)c1ccccc1Br. The summed E-state index contributed by atoms with van der Waals surface area (Å²) in [6.45, 7) is 1.45. The summed E-state index contributed by atoms with van der Waals surface area (Å²) in [5, 5.41) is 3.11. The largest absolute Gasteiger partial charge is 0.362 e. The van der Waals surface area contributed by atoms with Gasteiger partial charge < -0.3 is 10.2 Å². The summed E-state index contributed by atoms with van der Waals surface area (Å²) < 4.78 is 0.798. The van der Waals surface area contributed by atoms with E-state index in [0.717, 1.165) is 23.0 Å². The van der Waals surface area contributed by atoms with Gasteiger partial charge in [0.1, 0.15) is 0 Å². The number of aromatic nitrogens is 1. The Balaban J connectivity index is 1.59. The number of benzene rings is 2. The van der Waals surface area contributed by atoms with Crippen LogP contribution in [0.1, 0.15) is 27.5 Å². The van der Waals surface area contributed by atoms with Gasteiger partial charge in [0, 0.05) is 35.6 Å². The molecule has 0 spiro atoms. The number of carbonyl (C=O) groups excluding carboxylic acids is 1. The topological polar surface area (TPSA) is 45.2 Å². The fraction of sp³-hybridized carbons (Fsp3) is 0.182. The van der Waals surface area contributed by atoms with Gasteiger partial charge in [0.15, 0.2) is 0 Å². The molecule has 0 saturated heterocycles. The van der Waals surface area contributed by atoms with Gasteiger partial charge in [0.25, 0.3) is 5.91 Å². The quantitative estimate of drug-likeness (QED) is 0.664. The van der Waals surface area contributed by atoms with Gasteiger partial charge in [-0.2, -0.15) is 0 Å². The molecular weight excluding hydrogens is 402 g/mol. The first-order valence-electron chi connectivity index (χ1n) is 9.01. The second-order valence-corrected chi connectivity index (χ2v) is 7.42. The number of amides is 1. The second-order valence-electron chi connectivity index (χ2n) is 6.56. The Morgan fingerprint density at radius 2 is 1.93 bits per heavy atom. The first-order chi connectivity index (χ1) is 13.2. The number of halogens is 1. The zero-order chi connectivity index (χ0) is 18.6. The van der Waals surface area contributed by atoms with E-state index in [2.05, 4.69) is 61.5 Å². The molecule has 1 aliphatic heterocycles. The highest BCUT2D eigenvalue weighted by Crippen LogP contribution is 2.34. The van der Waals surface area contributed by atoms with Crippen molar-refractivity contribution in [2.45, 2.75) is 12.5 Å². The van der Waals surface area contributed by atoms with E-state index in [9.17, 15) is 4.79 Å². The first kappa shape index (κ1) is 17.7. The zero-order valence-corrected chi connectivity index (χ0v) is 16.4. The van der Waals surface area contributed by atoms with Gasteiger partial charge in [-0.05, 0) is 57.7 Å². The molecule has 27 heavy (non-hydrogen) atoms. The minimum Gasteiger partial charge on any atom is -0.362 e. The Morgan fingerprint density at radius 1 is 1.11 bits per heavy atom. The fourth-order valence-electron chi connectivity index (χ4n) is 3.60. The number of nitrogens with zero attached hydrogens (tertiary/aromatic N) is 2. The van der Waals surface area contributed by atoms with Crippen LogP contribution in [0.4, 0.5) is 5.69 Å². The summed E-state index contributed by atoms with van der Waals surface area (Å²) in [5.41, 5.74) is 4.33. The van der Waals surface area contributed by atoms with Crippen molar-refractivity contribution < 1.29 is 4.79 Å². The zero-order valence-electron chi connectivity index (χ0n) is 14.8. The molecule has 2 aromatic carbocycles. The summed E-state index contributed by atoms with van der Waals surface area (Å²) in [5.74, 6) is -0.0798. The molecular formula is C22H20BrN3O. The molecule has 3 aromatic rings. The molecule has 1 atom stereocenters. The third kappa shape index (κ3) is 3.74. The van der Waals surface area contributed by atoms with Crippen molar-refractivity contribution in [3.8, 4) is 0 Å². The molecule has 5 heteroatoms. The molecule has 0 saturated carbocycles. The van der Waals surface area contributed by atoms with Crippen LogP contribution in [0.5, 0.6) is 0 Å². The Bertz CT molecular complexity index is 945. The molecule has 0 unspecified atom stereocenters. The lowest BCUT2D eigenvalue weighted by molar-refractivity contribution is 0.0950. The molecule has 1 aliphatic rings. The van der Waals surface area contributed by atoms with Gasteiger partial charge in [-0.25, -0.2) is 0 Å². The standard InChI is InChI=1S/C22H20BrN3O/c23-19-9-3-2-8-18(19)22(27)25-15-21(17-7-5-12-24-14-17)26-13-11-16-6-1-4-10-20(16)26/h1-10,12,14,21H,11,13,15H2,(H,25,27)/t21-/m0/s1. The van der Waals surface area contributed by atoms with Crippen LogP contribution in [0.15, 0.2) is 77.5 Å². The molecule has 1 aromatic heterocycles. The summed E-state index contributed by atoms with van der Waals surface area (Å²) in [4.78, 5) is 19.3. The van der Waals surface area contributed by atoms with Crippen LogP contribution < -0.4 is 10.2 Å². The molecule has 0 bridgehead atoms. The molecule has 1 N–H and O–H groups in total. The molecule has 1 amide bonds. The molecule has 0 radical (unpaired) electrons. The summed E-state index contributed by atoms with van der Waals surface area (Å²) in [7, 11) is 0. The number of nitrogens with one attached hydrogen (secondary N) is 1. The Morgan fingerprint density at radius 3 is 2.74 bits per heavy atom. The van der Waals surface area contributed by atoms with E-state index in [0.29, 0.717) is 12.1 Å². The number of pyridine rings is 1. The highest BCUT2D eigenvalue weighted by atomic mass is 79.9. The van der Waals surface area contributed by atoms with Crippen LogP contribution in [0.2, 0.25) is 0 Å². The van der Waals surface area contributed by atoms with E-state index in [-0.39, 0.29) is 11.9 Å². The molecule has 136 valence electrons. The number of hydrogen-bond donors (Lipinski definition) is 1. The van der Waals surface area contributed by atoms with Crippen LogP contribution in [-0.4, -0.2) is 24.0 Å². The Labute approximate surface area is 167 Å². The van der Waals surface area contributed by atoms with E-state index in [1.807, 2.05) is 36.5 Å². The van der Waals surface area contributed by atoms with Gasteiger partial charge >= 0.3 is 0 Å². The van der Waals surface area contributed by atoms with Crippen molar-refractivity contribution in [3.63, 3.8) is 0 Å². The van der Waals surface area contributed by atoms with Crippen molar-refractivity contribution in [1.82, 2.24) is 10.3 Å². The van der Waals surface area contributed by atoms with Crippen molar-refractivity contribution >= 4 is 27.5 Å². The van der Waals surface area contributed by atoms with Crippen LogP contribution in [0, 0.1) is 0 Å². The summed E-state index contributed by atoms with van der Waals surface area (Å²) in [6.07, 6.45) is 4.68. The normalized spacial score (nSPS) is 13.9. The maximum atomic E-state index is 12.7. The lowest BCUT2D eigenvalue weighted by Crippen LogP contribution is -2.37. The third-order valence-corrected chi connectivity index (χ3v) is 5.63. The predicted molar refractivity (Wildman–Crippen MR) is 111 cm³/mol. The van der Waals surface area contributed by atoms with Gasteiger partial charge in [-0.15, -0.1) is 0 Å². The minimum atomic E-state index is -0.0798. The van der Waals surface area contributed by atoms with E-state index >= 15 is 0 Å². The minimum absolute atomic E-state index is 0.0359. The van der Waals surface area contributed by atoms with Crippen LogP contribution in [0.25, 0.3) is 0 Å². The fourth-order valence-corrected chi connectivity index (χ4v) is 4.06. The Hall–Kier alpha value is -2.66. The number of para-hydroxylation sites is 1. The third-order valence-electron chi connectivity index (χ3n) is 4.94. The smallest absolute Gasteiger partial charge is 0.252 e. The molecule has 0 fully saturated rings. The number of rotatable bonds is 5. The summed E-state index contributed by atoms with van der Waals surface area (Å²) >= 11 is 3.46. The van der Waals surface area contributed by atoms with Crippen LogP contribution in [-0.2, 0) is 6.42 Å². The van der Waals surface area contributed by atoms with E-state index in [1.165, 1.54) is 11.3 Å². The van der Waals surface area contributed by atoms with E-state index in [1.54, 1.807) is 6.20 Å². The average molecular weight is 422 g/mol. The van der Waals surface area contributed by atoms with Gasteiger partial charge in [0.05, 0.1) is 11.6 Å². The lowest BCUT2D eigenvalue weighted by Gasteiger charge is -2.31. The van der Waals surface area contributed by atoms with Crippen molar-refractivity contribution in [2.75, 3.05) is 18.0 Å². The second kappa shape index (κ2) is 7.92. The van der Waals surface area contributed by atoms with Crippen LogP contribution in [0.3, 0.4) is 0 Å². The van der Waals surface area contributed by atoms with Crippen molar-refractivity contribution in [2.24, 2.45) is 0 Å². The maximum Gasteiger partial charge on any atom is 0.252 e. The van der Waals surface area contributed by atoms with Crippen molar-refractivity contribution in [3.05, 3.63) is 94.2 Å². The highest BCUT2D eigenvalue weighted by molar-refractivity contribution is 9.10. The highest BCUT2D eigenvalue weighted by Gasteiger charge is 2.27. The van der Waals surface area contributed by atoms with E-state index in [4.69, 9.17) is 0 Å². The number of hydrogen-bond acceptors (Lipinski definition) is 3. The number of anilines is 1. The number of fused-ring (bicyclic) bond motifs is 1. The summed E-state index contributed by atoms with van der Waals surface area (Å²) in [6, 6.07) is 20.0. The van der Waals surface area contributed by atoms with Gasteiger partial charge in [-0.3, -0.25) is 9.78 Å². The van der Waals surface area contributed by atoms with Gasteiger partial charge in [-0.1, -0.05) is 36.4 Å². The molecule has 2 heterocycles. The van der Waals surface area contributed by atoms with Gasteiger partial charge in [0.2, 0.25) is 0 Å². The van der Waals surface area contributed by atoms with Crippen molar-refractivity contribution in [1.29, 1.82) is 0 Å². The molecule has 4 nitrogen and oxygen atoms in total. The molecule has 0 aliphatic carbocycles. The maximum absolute atomic E-state index is 12.7. The Kier molecular flexibility index (Phi) is 5.21. The lowest BCUT2D eigenvalue weighted by atomic mass is 10.1. The number of carbonyl (C=O) groups is 1. The molecule has 4 rings (SSSR count). The monoisotopic (exact) mass is 421 g/mol. The van der Waals surface area contributed by atoms with E-state index < -0.39 is 0 Å².